The number of rotatable bonds is 6. The average Bonchev–Trinajstić information content (AvgIpc) is 2.45. The van der Waals surface area contributed by atoms with Crippen molar-refractivity contribution in [2.45, 2.75) is 39.0 Å². The Bertz CT molecular complexity index is 263. The van der Waals surface area contributed by atoms with Crippen LogP contribution in [-0.4, -0.2) is 55.9 Å². The summed E-state index contributed by atoms with van der Waals surface area (Å²) < 4.78 is 0. The predicted octanol–water partition coefficient (Wildman–Crippen LogP) is -1.52. The van der Waals surface area contributed by atoms with Crippen LogP contribution in [0.25, 0.3) is 0 Å². The molecule has 19 heavy (non-hydrogen) atoms. The van der Waals surface area contributed by atoms with Crippen LogP contribution in [0.2, 0.25) is 0 Å². The zero-order chi connectivity index (χ0) is 14.1. The van der Waals surface area contributed by atoms with Gasteiger partial charge < -0.3 is 14.8 Å². The minimum absolute atomic E-state index is 0.0241. The minimum atomic E-state index is -1.14. The van der Waals surface area contributed by atoms with Gasteiger partial charge in [0.05, 0.1) is 19.6 Å². The summed E-state index contributed by atoms with van der Waals surface area (Å²) in [6, 6.07) is 0. The lowest BCUT2D eigenvalue weighted by Gasteiger charge is -2.38. The van der Waals surface area contributed by atoms with Crippen LogP contribution < -0.4 is 10.0 Å². The number of carboxylic acids is 1. The molecule has 110 valence electrons. The fourth-order valence-electron chi connectivity index (χ4n) is 2.40. The molecule has 0 spiro atoms. The molecule has 0 unspecified atom stereocenters. The molecule has 3 fully saturated rings. The quantitative estimate of drug-likeness (QED) is 0.636. The first kappa shape index (κ1) is 16.1. The molecule has 0 aromatic carbocycles. The highest BCUT2D eigenvalue weighted by Gasteiger charge is 2.25. The number of nitrogens with zero attached hydrogens (tertiary/aromatic N) is 1. The van der Waals surface area contributed by atoms with Gasteiger partial charge >= 0.3 is 0 Å². The van der Waals surface area contributed by atoms with E-state index in [2.05, 4.69) is 4.90 Å². The SMILES string of the molecule is C1C[NH+]2CCN1CC2.CCCCC(=O)CCC(=O)[O-]. The third kappa shape index (κ3) is 7.28. The van der Waals surface area contributed by atoms with Gasteiger partial charge in [-0.25, -0.2) is 0 Å². The van der Waals surface area contributed by atoms with Gasteiger partial charge in [-0.1, -0.05) is 13.3 Å². The summed E-state index contributed by atoms with van der Waals surface area (Å²) in [5.41, 5.74) is 0. The van der Waals surface area contributed by atoms with Crippen molar-refractivity contribution in [1.29, 1.82) is 0 Å². The number of hydrogen-bond donors (Lipinski definition) is 1. The normalized spacial score (nSPS) is 24.5. The number of fused-ring (bicyclic) bond motifs is 3. The van der Waals surface area contributed by atoms with Gasteiger partial charge in [0.25, 0.3) is 0 Å². The maximum absolute atomic E-state index is 10.8. The number of hydrogen-bond acceptors (Lipinski definition) is 4. The van der Waals surface area contributed by atoms with Crippen LogP contribution in [0.1, 0.15) is 39.0 Å². The summed E-state index contributed by atoms with van der Waals surface area (Å²) in [5, 5.41) is 9.91. The predicted molar refractivity (Wildman–Crippen MR) is 70.8 cm³/mol. The maximum atomic E-state index is 10.8. The fourth-order valence-corrected chi connectivity index (χ4v) is 2.40. The molecule has 0 aliphatic carbocycles. The van der Waals surface area contributed by atoms with Gasteiger partial charge in [-0.05, 0) is 12.8 Å². The average molecular weight is 270 g/mol. The van der Waals surface area contributed by atoms with E-state index in [0.717, 1.165) is 12.8 Å². The second-order valence-electron chi connectivity index (χ2n) is 5.36. The molecule has 0 atom stereocenters. The Morgan fingerprint density at radius 1 is 1.05 bits per heavy atom. The van der Waals surface area contributed by atoms with Crippen molar-refractivity contribution in [2.24, 2.45) is 0 Å². The van der Waals surface area contributed by atoms with Gasteiger partial charge in [0, 0.05) is 38.4 Å². The molecular formula is C14H26N2O3. The van der Waals surface area contributed by atoms with E-state index in [0.29, 0.717) is 6.42 Å². The van der Waals surface area contributed by atoms with Crippen molar-refractivity contribution in [1.82, 2.24) is 4.90 Å². The third-order valence-corrected chi connectivity index (χ3v) is 3.76. The lowest BCUT2D eigenvalue weighted by Crippen LogP contribution is -3.17. The van der Waals surface area contributed by atoms with Gasteiger partial charge in [-0.3, -0.25) is 9.69 Å². The molecule has 0 aromatic rings. The smallest absolute Gasteiger partial charge is 0.133 e. The van der Waals surface area contributed by atoms with E-state index in [1.165, 1.54) is 39.3 Å². The Morgan fingerprint density at radius 3 is 1.95 bits per heavy atom. The van der Waals surface area contributed by atoms with Gasteiger partial charge in [0.15, 0.2) is 0 Å². The minimum Gasteiger partial charge on any atom is -0.550 e. The van der Waals surface area contributed by atoms with E-state index in [-0.39, 0.29) is 18.6 Å². The zero-order valence-corrected chi connectivity index (χ0v) is 12.0. The Morgan fingerprint density at radius 2 is 1.63 bits per heavy atom. The van der Waals surface area contributed by atoms with Crippen LogP contribution in [0.15, 0.2) is 0 Å². The number of nitrogens with one attached hydrogen (secondary N) is 1. The largest absolute Gasteiger partial charge is 0.550 e. The summed E-state index contributed by atoms with van der Waals surface area (Å²) in [4.78, 5) is 25.1. The first-order chi connectivity index (χ1) is 9.11. The van der Waals surface area contributed by atoms with E-state index in [1.54, 1.807) is 0 Å². The number of carboxylic acid groups (broad SMARTS) is 1. The fraction of sp³-hybridized carbons (Fsp3) is 0.857. The monoisotopic (exact) mass is 270 g/mol. The summed E-state index contributed by atoms with van der Waals surface area (Å²) in [6.07, 6.45) is 2.32. The second kappa shape index (κ2) is 9.04. The molecule has 3 rings (SSSR count). The molecule has 3 heterocycles. The molecule has 3 aliphatic heterocycles. The van der Waals surface area contributed by atoms with Crippen molar-refractivity contribution in [3.63, 3.8) is 0 Å². The topological polar surface area (TPSA) is 64.9 Å². The van der Waals surface area contributed by atoms with Crippen LogP contribution in [0.4, 0.5) is 0 Å². The van der Waals surface area contributed by atoms with Crippen molar-refractivity contribution >= 4 is 11.8 Å². The molecule has 0 amide bonds. The lowest BCUT2D eigenvalue weighted by atomic mass is 10.1. The summed E-state index contributed by atoms with van der Waals surface area (Å²) in [7, 11) is 0. The standard InChI is InChI=1S/C8H14O3.C6H12N2/c1-2-3-4-7(9)5-6-8(10)11;1-2-8-5-3-7(1)4-6-8/h2-6H2,1H3,(H,10,11);1-6H2. The highest BCUT2D eigenvalue weighted by atomic mass is 16.4. The molecule has 5 heteroatoms. The van der Waals surface area contributed by atoms with Crippen molar-refractivity contribution in [3.05, 3.63) is 0 Å². The molecule has 3 aliphatic rings. The molecular weight excluding hydrogens is 244 g/mol. The molecule has 5 nitrogen and oxygen atoms in total. The van der Waals surface area contributed by atoms with Gasteiger partial charge in [-0.2, -0.15) is 0 Å². The molecule has 0 saturated carbocycles. The van der Waals surface area contributed by atoms with Gasteiger partial charge in [0.1, 0.15) is 5.78 Å². The van der Waals surface area contributed by atoms with Crippen molar-refractivity contribution in [3.8, 4) is 0 Å². The van der Waals surface area contributed by atoms with E-state index < -0.39 is 5.97 Å². The number of Topliss-reactive ketones (excluding diaryl/α,β-unsaturated/α-hetero) is 1. The zero-order valence-electron chi connectivity index (χ0n) is 12.0. The molecule has 0 radical (unpaired) electrons. The summed E-state index contributed by atoms with van der Waals surface area (Å²) >= 11 is 0. The molecule has 2 bridgehead atoms. The molecule has 3 saturated heterocycles. The van der Waals surface area contributed by atoms with Crippen LogP contribution in [0.3, 0.4) is 0 Å². The highest BCUT2D eigenvalue weighted by Crippen LogP contribution is 2.00. The molecule has 1 N–H and O–H groups in total. The van der Waals surface area contributed by atoms with Crippen molar-refractivity contribution in [2.75, 3.05) is 39.3 Å². The number of carbonyl (C=O) groups excluding carboxylic acids is 2. The Kier molecular flexibility index (Phi) is 7.67. The van der Waals surface area contributed by atoms with Gasteiger partial charge in [0.2, 0.25) is 0 Å². The molecule has 0 aromatic heterocycles. The first-order valence-corrected chi connectivity index (χ1v) is 7.39. The summed E-state index contributed by atoms with van der Waals surface area (Å²) in [6.45, 7) is 10.3. The van der Waals surface area contributed by atoms with E-state index in [4.69, 9.17) is 0 Å². The number of ketones is 1. The van der Waals surface area contributed by atoms with E-state index >= 15 is 0 Å². The van der Waals surface area contributed by atoms with Crippen LogP contribution in [0, 0.1) is 0 Å². The number of quaternary nitrogens is 1. The lowest BCUT2D eigenvalue weighted by molar-refractivity contribution is -0.914. The Labute approximate surface area is 115 Å². The summed E-state index contributed by atoms with van der Waals surface area (Å²) in [5.74, 6) is -1.12. The van der Waals surface area contributed by atoms with E-state index in [1.807, 2.05) is 11.8 Å². The number of unbranched alkanes of at least 4 members (excludes halogenated alkanes) is 1. The van der Waals surface area contributed by atoms with E-state index in [9.17, 15) is 14.7 Å². The number of piperazine rings is 3. The van der Waals surface area contributed by atoms with Crippen molar-refractivity contribution < 1.29 is 19.6 Å². The highest BCUT2D eigenvalue weighted by molar-refractivity contribution is 5.81. The third-order valence-electron chi connectivity index (χ3n) is 3.76. The first-order valence-electron chi connectivity index (χ1n) is 7.39. The van der Waals surface area contributed by atoms with Crippen LogP contribution >= 0.6 is 0 Å². The second-order valence-corrected chi connectivity index (χ2v) is 5.36. The Hall–Kier alpha value is -0.940. The van der Waals surface area contributed by atoms with Gasteiger partial charge in [-0.15, -0.1) is 0 Å². The number of carbonyl (C=O) groups is 2. The number of aliphatic carboxylic acids is 1. The Balaban J connectivity index is 0.000000196. The van der Waals surface area contributed by atoms with Crippen LogP contribution in [0.5, 0.6) is 0 Å². The van der Waals surface area contributed by atoms with Crippen LogP contribution in [-0.2, 0) is 9.59 Å². The maximum Gasteiger partial charge on any atom is 0.133 e.